The average Bonchev–Trinajstić information content (AvgIpc) is 3.55. The van der Waals surface area contributed by atoms with Gasteiger partial charge in [-0.3, -0.25) is 0 Å². The van der Waals surface area contributed by atoms with Gasteiger partial charge in [0.15, 0.2) is 5.82 Å². The van der Waals surface area contributed by atoms with Crippen LogP contribution >= 0.6 is 0 Å². The lowest BCUT2D eigenvalue weighted by Gasteiger charge is -2.15. The van der Waals surface area contributed by atoms with Crippen LogP contribution in [0.4, 0.5) is 0 Å². The third kappa shape index (κ3) is 4.59. The fourth-order valence-corrected chi connectivity index (χ4v) is 7.30. The van der Waals surface area contributed by atoms with Crippen molar-refractivity contribution < 1.29 is 4.42 Å². The van der Waals surface area contributed by atoms with Gasteiger partial charge in [0.05, 0.1) is 11.4 Å². The fourth-order valence-electron chi connectivity index (χ4n) is 7.30. The van der Waals surface area contributed by atoms with Crippen LogP contribution in [0.15, 0.2) is 174 Å². The molecule has 3 nitrogen and oxygen atoms in total. The molecule has 228 valence electrons. The van der Waals surface area contributed by atoms with Gasteiger partial charge in [-0.05, 0) is 79.8 Å². The second kappa shape index (κ2) is 11.0. The van der Waals surface area contributed by atoms with Crippen LogP contribution in [0.3, 0.4) is 0 Å². The molecule has 0 saturated heterocycles. The van der Waals surface area contributed by atoms with Crippen molar-refractivity contribution in [3.8, 4) is 45.0 Å². The first-order valence-corrected chi connectivity index (χ1v) is 16.6. The van der Waals surface area contributed by atoms with Gasteiger partial charge in [0.25, 0.3) is 0 Å². The van der Waals surface area contributed by atoms with Crippen molar-refractivity contribution >= 4 is 54.3 Å². The summed E-state index contributed by atoms with van der Waals surface area (Å²) in [7, 11) is 0. The normalized spacial score (nSPS) is 11.7. The average molecular weight is 625 g/mol. The molecule has 8 aromatic carbocycles. The molecule has 2 heterocycles. The van der Waals surface area contributed by atoms with Crippen molar-refractivity contribution in [3.05, 3.63) is 170 Å². The molecule has 0 N–H and O–H groups in total. The van der Waals surface area contributed by atoms with Crippen LogP contribution in [0.25, 0.3) is 99.3 Å². The van der Waals surface area contributed by atoms with Gasteiger partial charge >= 0.3 is 0 Å². The van der Waals surface area contributed by atoms with Gasteiger partial charge in [-0.25, -0.2) is 9.97 Å². The van der Waals surface area contributed by atoms with Gasteiger partial charge in [0.1, 0.15) is 11.2 Å². The van der Waals surface area contributed by atoms with Crippen LogP contribution in [0.2, 0.25) is 0 Å². The summed E-state index contributed by atoms with van der Waals surface area (Å²) < 4.78 is 6.24. The van der Waals surface area contributed by atoms with Crippen molar-refractivity contribution in [2.45, 2.75) is 0 Å². The molecule has 3 heteroatoms. The van der Waals surface area contributed by atoms with Crippen molar-refractivity contribution in [1.82, 2.24) is 9.97 Å². The van der Waals surface area contributed by atoms with E-state index >= 15 is 0 Å². The third-order valence-corrected chi connectivity index (χ3v) is 9.65. The Kier molecular flexibility index (Phi) is 6.18. The van der Waals surface area contributed by atoms with E-state index in [1.807, 2.05) is 30.3 Å². The minimum Gasteiger partial charge on any atom is -0.456 e. The molecule has 0 aliphatic heterocycles. The zero-order valence-corrected chi connectivity index (χ0v) is 26.5. The minimum absolute atomic E-state index is 0.698. The first kappa shape index (κ1) is 27.5. The molecular formula is C46H28N2O. The number of aromatic nitrogens is 2. The van der Waals surface area contributed by atoms with Gasteiger partial charge in [0.2, 0.25) is 0 Å². The van der Waals surface area contributed by atoms with E-state index in [1.54, 1.807) is 0 Å². The predicted octanol–water partition coefficient (Wildman–Crippen LogP) is 12.5. The quantitative estimate of drug-likeness (QED) is 0.144. The molecule has 0 bridgehead atoms. The summed E-state index contributed by atoms with van der Waals surface area (Å²) in [6, 6.07) is 59.7. The van der Waals surface area contributed by atoms with E-state index in [-0.39, 0.29) is 0 Å². The van der Waals surface area contributed by atoms with Crippen LogP contribution in [0, 0.1) is 0 Å². The number of hydrogen-bond donors (Lipinski definition) is 0. The van der Waals surface area contributed by atoms with Crippen LogP contribution in [-0.2, 0) is 0 Å². The predicted molar refractivity (Wildman–Crippen MR) is 204 cm³/mol. The van der Waals surface area contributed by atoms with E-state index in [0.717, 1.165) is 61.1 Å². The molecular weight excluding hydrogens is 597 g/mol. The standard InChI is InChI=1S/C46H28N2O/c1-2-12-30(13-3-1)46-47-41(34-16-10-15-31(25-34)32-22-23-38-37-19-8-9-20-43(37)49-44(38)27-32)28-42(48-46)45-36-18-7-5-14-33(36)26-40-35-17-6-4-11-29(35)21-24-39(40)45/h1-28H. The molecule has 10 rings (SSSR count). The lowest BCUT2D eigenvalue weighted by atomic mass is 9.91. The molecule has 0 unspecified atom stereocenters. The Bertz CT molecular complexity index is 2890. The molecule has 10 aromatic rings. The summed E-state index contributed by atoms with van der Waals surface area (Å²) in [6.07, 6.45) is 0. The Morgan fingerprint density at radius 1 is 0.327 bits per heavy atom. The highest BCUT2D eigenvalue weighted by molar-refractivity contribution is 6.19. The summed E-state index contributed by atoms with van der Waals surface area (Å²) in [6.45, 7) is 0. The van der Waals surface area contributed by atoms with Crippen molar-refractivity contribution in [2.75, 3.05) is 0 Å². The maximum atomic E-state index is 6.24. The fraction of sp³-hybridized carbons (Fsp3) is 0. The molecule has 0 aliphatic carbocycles. The molecule has 0 atom stereocenters. The Labute approximate surface area is 282 Å². The molecule has 0 spiro atoms. The minimum atomic E-state index is 0.698. The monoisotopic (exact) mass is 624 g/mol. The van der Waals surface area contributed by atoms with Gasteiger partial charge in [-0.2, -0.15) is 0 Å². The van der Waals surface area contributed by atoms with Crippen LogP contribution < -0.4 is 0 Å². The maximum absolute atomic E-state index is 6.24. The summed E-state index contributed by atoms with van der Waals surface area (Å²) in [5.74, 6) is 0.698. The van der Waals surface area contributed by atoms with Crippen LogP contribution in [0.5, 0.6) is 0 Å². The molecule has 0 saturated carbocycles. The topological polar surface area (TPSA) is 38.9 Å². The molecule has 0 amide bonds. The van der Waals surface area contributed by atoms with E-state index in [4.69, 9.17) is 14.4 Å². The number of benzene rings is 8. The Morgan fingerprint density at radius 2 is 0.980 bits per heavy atom. The van der Waals surface area contributed by atoms with Gasteiger partial charge in [-0.1, -0.05) is 133 Å². The molecule has 49 heavy (non-hydrogen) atoms. The van der Waals surface area contributed by atoms with Crippen molar-refractivity contribution in [1.29, 1.82) is 0 Å². The smallest absolute Gasteiger partial charge is 0.160 e. The Balaban J connectivity index is 1.20. The molecule has 0 radical (unpaired) electrons. The maximum Gasteiger partial charge on any atom is 0.160 e. The van der Waals surface area contributed by atoms with Crippen molar-refractivity contribution in [3.63, 3.8) is 0 Å². The summed E-state index contributed by atoms with van der Waals surface area (Å²) >= 11 is 0. The number of fused-ring (bicyclic) bond motifs is 7. The SMILES string of the molecule is c1ccc(-c2nc(-c3cccc(-c4ccc5c(c4)oc4ccccc45)c3)cc(-c3c4ccccc4cc4c3ccc3ccccc34)n2)cc1. The van der Waals surface area contributed by atoms with Gasteiger partial charge < -0.3 is 4.42 Å². The van der Waals surface area contributed by atoms with E-state index < -0.39 is 0 Å². The number of rotatable bonds is 4. The van der Waals surface area contributed by atoms with Crippen LogP contribution in [-0.4, -0.2) is 9.97 Å². The number of nitrogens with zero attached hydrogens (tertiary/aromatic N) is 2. The number of para-hydroxylation sites is 1. The van der Waals surface area contributed by atoms with E-state index in [1.165, 1.54) is 32.3 Å². The summed E-state index contributed by atoms with van der Waals surface area (Å²) in [5, 5.41) is 9.46. The lowest BCUT2D eigenvalue weighted by molar-refractivity contribution is 0.669. The first-order chi connectivity index (χ1) is 24.3. The van der Waals surface area contributed by atoms with E-state index in [9.17, 15) is 0 Å². The van der Waals surface area contributed by atoms with Gasteiger partial charge in [-0.15, -0.1) is 0 Å². The Hall–Kier alpha value is -6.58. The highest BCUT2D eigenvalue weighted by atomic mass is 16.3. The molecule has 2 aromatic heterocycles. The second-order valence-electron chi connectivity index (χ2n) is 12.6. The Morgan fingerprint density at radius 3 is 1.88 bits per heavy atom. The summed E-state index contributed by atoms with van der Waals surface area (Å²) in [5.41, 5.74) is 8.87. The van der Waals surface area contributed by atoms with Crippen molar-refractivity contribution in [2.24, 2.45) is 0 Å². The number of furan rings is 1. The first-order valence-electron chi connectivity index (χ1n) is 16.6. The van der Waals surface area contributed by atoms with Gasteiger partial charge in [0, 0.05) is 27.5 Å². The van der Waals surface area contributed by atoms with Crippen LogP contribution in [0.1, 0.15) is 0 Å². The molecule has 0 fully saturated rings. The van der Waals surface area contributed by atoms with E-state index in [0.29, 0.717) is 5.82 Å². The number of hydrogen-bond acceptors (Lipinski definition) is 3. The second-order valence-corrected chi connectivity index (χ2v) is 12.6. The van der Waals surface area contributed by atoms with E-state index in [2.05, 4.69) is 140 Å². The third-order valence-electron chi connectivity index (χ3n) is 9.65. The zero-order valence-electron chi connectivity index (χ0n) is 26.5. The highest BCUT2D eigenvalue weighted by Gasteiger charge is 2.17. The lowest BCUT2D eigenvalue weighted by Crippen LogP contribution is -1.97. The molecule has 0 aliphatic rings. The summed E-state index contributed by atoms with van der Waals surface area (Å²) in [4.78, 5) is 10.5. The zero-order chi connectivity index (χ0) is 32.3. The largest absolute Gasteiger partial charge is 0.456 e. The highest BCUT2D eigenvalue weighted by Crippen LogP contribution is 2.40.